The van der Waals surface area contributed by atoms with Crippen molar-refractivity contribution in [1.29, 1.82) is 0 Å². The summed E-state index contributed by atoms with van der Waals surface area (Å²) in [6.45, 7) is 2.73. The minimum atomic E-state index is 0.168. The molecule has 0 saturated heterocycles. The molecular formula is C9H17N5. The van der Waals surface area contributed by atoms with E-state index in [9.17, 15) is 0 Å². The fraction of sp³-hybridized carbons (Fsp3) is 0.556. The first-order chi connectivity index (χ1) is 6.70. The zero-order valence-corrected chi connectivity index (χ0v) is 8.45. The molecule has 0 unspecified atom stereocenters. The predicted octanol–water partition coefficient (Wildman–Crippen LogP) is 0.314. The lowest BCUT2D eigenvalue weighted by Crippen LogP contribution is -2.22. The van der Waals surface area contributed by atoms with Gasteiger partial charge < -0.3 is 16.5 Å². The van der Waals surface area contributed by atoms with Crippen LogP contribution in [-0.2, 0) is 6.42 Å². The first-order valence-electron chi connectivity index (χ1n) is 4.74. The number of hydrogen-bond acceptors (Lipinski definition) is 2. The summed E-state index contributed by atoms with van der Waals surface area (Å²) in [5.74, 6) is 0.168. The lowest BCUT2D eigenvalue weighted by atomic mass is 10.2. The second kappa shape index (κ2) is 5.26. The van der Waals surface area contributed by atoms with Gasteiger partial charge in [0.15, 0.2) is 5.96 Å². The summed E-state index contributed by atoms with van der Waals surface area (Å²) in [6, 6.07) is 0. The van der Waals surface area contributed by atoms with Gasteiger partial charge in [-0.3, -0.25) is 4.99 Å². The standard InChI is InChI=1S/C9H17N5/c1-7-8(14-6-13-7)4-2-3-5-12-9(10)11/h6H,2-5H2,1H3,(H,13,14)(H4,10,11,12). The Morgan fingerprint density at radius 3 is 2.86 bits per heavy atom. The Morgan fingerprint density at radius 1 is 1.50 bits per heavy atom. The van der Waals surface area contributed by atoms with Crippen molar-refractivity contribution in [3.8, 4) is 0 Å². The normalized spacial score (nSPS) is 10.1. The van der Waals surface area contributed by atoms with Crippen LogP contribution < -0.4 is 11.5 Å². The number of nitrogens with two attached hydrogens (primary N) is 2. The zero-order chi connectivity index (χ0) is 10.4. The molecule has 0 aliphatic heterocycles. The lowest BCUT2D eigenvalue weighted by molar-refractivity contribution is 0.732. The molecular weight excluding hydrogens is 178 g/mol. The van der Waals surface area contributed by atoms with Crippen molar-refractivity contribution in [3.63, 3.8) is 0 Å². The molecule has 1 aromatic heterocycles. The van der Waals surface area contributed by atoms with Crippen molar-refractivity contribution in [3.05, 3.63) is 17.7 Å². The molecule has 1 rings (SSSR count). The molecule has 5 N–H and O–H groups in total. The Hall–Kier alpha value is -1.52. The van der Waals surface area contributed by atoms with Gasteiger partial charge >= 0.3 is 0 Å². The van der Waals surface area contributed by atoms with Gasteiger partial charge in [0, 0.05) is 12.2 Å². The molecule has 0 aromatic carbocycles. The molecule has 0 saturated carbocycles. The maximum atomic E-state index is 5.20. The monoisotopic (exact) mass is 195 g/mol. The molecule has 0 aliphatic carbocycles. The third-order valence-electron chi connectivity index (χ3n) is 2.05. The van der Waals surface area contributed by atoms with Crippen molar-refractivity contribution in [2.45, 2.75) is 26.2 Å². The highest BCUT2D eigenvalue weighted by Crippen LogP contribution is 2.05. The van der Waals surface area contributed by atoms with Crippen LogP contribution in [0.3, 0.4) is 0 Å². The molecule has 1 heterocycles. The number of aryl methyl sites for hydroxylation is 2. The molecule has 0 atom stereocenters. The number of rotatable bonds is 5. The summed E-state index contributed by atoms with van der Waals surface area (Å²) in [7, 11) is 0. The molecule has 14 heavy (non-hydrogen) atoms. The van der Waals surface area contributed by atoms with Gasteiger partial charge in [0.05, 0.1) is 12.0 Å². The second-order valence-corrected chi connectivity index (χ2v) is 3.24. The van der Waals surface area contributed by atoms with Crippen LogP contribution in [0.4, 0.5) is 0 Å². The largest absolute Gasteiger partial charge is 0.370 e. The van der Waals surface area contributed by atoms with Crippen molar-refractivity contribution in [2.24, 2.45) is 16.5 Å². The summed E-state index contributed by atoms with van der Waals surface area (Å²) in [6.07, 6.45) is 4.75. The molecule has 5 nitrogen and oxygen atoms in total. The molecule has 0 amide bonds. The summed E-state index contributed by atoms with van der Waals surface area (Å²) in [5.41, 5.74) is 12.7. The summed E-state index contributed by atoms with van der Waals surface area (Å²) >= 11 is 0. The fourth-order valence-electron chi connectivity index (χ4n) is 1.25. The second-order valence-electron chi connectivity index (χ2n) is 3.24. The van der Waals surface area contributed by atoms with E-state index in [0.717, 1.165) is 30.7 Å². The van der Waals surface area contributed by atoms with E-state index in [1.807, 2.05) is 6.92 Å². The van der Waals surface area contributed by atoms with Crippen LogP contribution in [0.2, 0.25) is 0 Å². The van der Waals surface area contributed by atoms with Crippen LogP contribution in [0.1, 0.15) is 24.2 Å². The smallest absolute Gasteiger partial charge is 0.185 e. The van der Waals surface area contributed by atoms with Gasteiger partial charge in [-0.1, -0.05) is 0 Å². The van der Waals surface area contributed by atoms with Crippen molar-refractivity contribution < 1.29 is 0 Å². The van der Waals surface area contributed by atoms with E-state index >= 15 is 0 Å². The molecule has 0 spiro atoms. The van der Waals surface area contributed by atoms with Crippen LogP contribution in [-0.4, -0.2) is 22.5 Å². The Labute approximate surface area is 83.6 Å². The van der Waals surface area contributed by atoms with Gasteiger partial charge in [0.25, 0.3) is 0 Å². The molecule has 0 fully saturated rings. The number of nitrogens with zero attached hydrogens (tertiary/aromatic N) is 2. The number of H-pyrrole nitrogens is 1. The number of imidazole rings is 1. The van der Waals surface area contributed by atoms with Crippen LogP contribution in [0.15, 0.2) is 11.3 Å². The number of aliphatic imine (C=N–C) groups is 1. The zero-order valence-electron chi connectivity index (χ0n) is 8.45. The highest BCUT2D eigenvalue weighted by atomic mass is 15.0. The third kappa shape index (κ3) is 3.47. The van der Waals surface area contributed by atoms with Gasteiger partial charge in [0.2, 0.25) is 0 Å². The average Bonchev–Trinajstić information content (AvgIpc) is 2.51. The fourth-order valence-corrected chi connectivity index (χ4v) is 1.25. The Kier molecular flexibility index (Phi) is 3.97. The predicted molar refractivity (Wildman–Crippen MR) is 56.9 cm³/mol. The van der Waals surface area contributed by atoms with Crippen LogP contribution in [0, 0.1) is 6.92 Å². The number of unbranched alkanes of at least 4 members (excludes halogenated alkanes) is 1. The van der Waals surface area contributed by atoms with Gasteiger partial charge in [-0.05, 0) is 26.2 Å². The van der Waals surface area contributed by atoms with Crippen molar-refractivity contribution in [2.75, 3.05) is 6.54 Å². The van der Waals surface area contributed by atoms with Crippen molar-refractivity contribution in [1.82, 2.24) is 9.97 Å². The van der Waals surface area contributed by atoms with Crippen LogP contribution >= 0.6 is 0 Å². The minimum absolute atomic E-state index is 0.168. The maximum absolute atomic E-state index is 5.20. The highest BCUT2D eigenvalue weighted by molar-refractivity contribution is 5.75. The lowest BCUT2D eigenvalue weighted by Gasteiger charge is -1.97. The summed E-state index contributed by atoms with van der Waals surface area (Å²) in [4.78, 5) is 11.2. The molecule has 1 aromatic rings. The topological polar surface area (TPSA) is 93.1 Å². The summed E-state index contributed by atoms with van der Waals surface area (Å²) in [5, 5.41) is 0. The van der Waals surface area contributed by atoms with Gasteiger partial charge in [0.1, 0.15) is 0 Å². The van der Waals surface area contributed by atoms with Gasteiger partial charge in [-0.2, -0.15) is 0 Å². The first kappa shape index (κ1) is 10.6. The van der Waals surface area contributed by atoms with Crippen molar-refractivity contribution >= 4 is 5.96 Å². The van der Waals surface area contributed by atoms with E-state index in [-0.39, 0.29) is 5.96 Å². The quantitative estimate of drug-likeness (QED) is 0.358. The number of aromatic nitrogens is 2. The first-order valence-corrected chi connectivity index (χ1v) is 4.74. The van der Waals surface area contributed by atoms with E-state index < -0.39 is 0 Å². The highest BCUT2D eigenvalue weighted by Gasteiger charge is 1.99. The SMILES string of the molecule is Cc1[nH]cnc1CCCCN=C(N)N. The number of hydrogen-bond donors (Lipinski definition) is 3. The van der Waals surface area contributed by atoms with E-state index in [4.69, 9.17) is 11.5 Å². The van der Waals surface area contributed by atoms with Gasteiger partial charge in [-0.25, -0.2) is 4.98 Å². The van der Waals surface area contributed by atoms with E-state index in [0.29, 0.717) is 6.54 Å². The number of guanidine groups is 1. The van der Waals surface area contributed by atoms with Gasteiger partial charge in [-0.15, -0.1) is 0 Å². The van der Waals surface area contributed by atoms with Crippen LogP contribution in [0.5, 0.6) is 0 Å². The molecule has 5 heteroatoms. The number of aromatic amines is 1. The number of nitrogens with one attached hydrogen (secondary N) is 1. The molecule has 78 valence electrons. The Morgan fingerprint density at radius 2 is 2.29 bits per heavy atom. The van der Waals surface area contributed by atoms with E-state index in [1.54, 1.807) is 6.33 Å². The van der Waals surface area contributed by atoms with E-state index in [2.05, 4.69) is 15.0 Å². The molecule has 0 aliphatic rings. The third-order valence-corrected chi connectivity index (χ3v) is 2.05. The van der Waals surface area contributed by atoms with E-state index in [1.165, 1.54) is 0 Å². The molecule has 0 radical (unpaired) electrons. The van der Waals surface area contributed by atoms with Crippen LogP contribution in [0.25, 0.3) is 0 Å². The average molecular weight is 195 g/mol. The minimum Gasteiger partial charge on any atom is -0.370 e. The Bertz CT molecular complexity index is 298. The maximum Gasteiger partial charge on any atom is 0.185 e. The summed E-state index contributed by atoms with van der Waals surface area (Å²) < 4.78 is 0. The molecule has 0 bridgehead atoms. The Balaban J connectivity index is 2.16.